The van der Waals surface area contributed by atoms with E-state index < -0.39 is 0 Å². The van der Waals surface area contributed by atoms with Crippen molar-refractivity contribution in [3.05, 3.63) is 23.8 Å². The van der Waals surface area contributed by atoms with Gasteiger partial charge in [0.2, 0.25) is 0 Å². The van der Waals surface area contributed by atoms with Crippen molar-refractivity contribution in [2.45, 2.75) is 32.7 Å². The molecule has 1 aromatic rings. The van der Waals surface area contributed by atoms with E-state index in [1.807, 2.05) is 25.1 Å². The summed E-state index contributed by atoms with van der Waals surface area (Å²) < 4.78 is 15.2. The lowest BCUT2D eigenvalue weighted by atomic mass is 10.2. The van der Waals surface area contributed by atoms with Gasteiger partial charge in [-0.3, -0.25) is 4.79 Å². The molecule has 2 N–H and O–H groups in total. The lowest BCUT2D eigenvalue weighted by Crippen LogP contribution is -2.37. The molecular weight excluding hydrogens is 449 g/mol. The topological polar surface area (TPSA) is 81.2 Å². The number of nitrogens with one attached hydrogen (secondary N) is 2. The number of esters is 1. The van der Waals surface area contributed by atoms with Crippen LogP contribution in [0.25, 0.3) is 0 Å². The molecule has 1 aromatic carbocycles. The second kappa shape index (κ2) is 14.5. The van der Waals surface area contributed by atoms with E-state index >= 15 is 0 Å². The second-order valence-electron chi connectivity index (χ2n) is 5.34. The van der Waals surface area contributed by atoms with Crippen LogP contribution >= 0.6 is 24.0 Å². The first kappa shape index (κ1) is 24.3. The molecule has 8 heteroatoms. The fraction of sp³-hybridized carbons (Fsp3) is 0.556. The van der Waals surface area contributed by atoms with Gasteiger partial charge in [-0.2, -0.15) is 0 Å². The van der Waals surface area contributed by atoms with Crippen molar-refractivity contribution < 1.29 is 19.0 Å². The fourth-order valence-electron chi connectivity index (χ4n) is 2.19. The first-order valence-corrected chi connectivity index (χ1v) is 8.44. The molecular formula is C18H30IN3O4. The van der Waals surface area contributed by atoms with Crippen LogP contribution in [0.15, 0.2) is 23.2 Å². The van der Waals surface area contributed by atoms with Gasteiger partial charge in [-0.15, -0.1) is 24.0 Å². The van der Waals surface area contributed by atoms with Gasteiger partial charge in [-0.25, -0.2) is 4.99 Å². The number of hydrogen-bond acceptors (Lipinski definition) is 5. The third-order valence-corrected chi connectivity index (χ3v) is 3.54. The predicted molar refractivity (Wildman–Crippen MR) is 114 cm³/mol. The van der Waals surface area contributed by atoms with E-state index in [2.05, 4.69) is 20.4 Å². The van der Waals surface area contributed by atoms with Crippen molar-refractivity contribution in [3.63, 3.8) is 0 Å². The molecule has 0 aromatic heterocycles. The van der Waals surface area contributed by atoms with Crippen LogP contribution in [0.4, 0.5) is 0 Å². The number of nitrogens with zero attached hydrogens (tertiary/aromatic N) is 1. The molecule has 7 nitrogen and oxygen atoms in total. The molecule has 0 fully saturated rings. The maximum absolute atomic E-state index is 11.1. The number of aliphatic imine (C=N–C) groups is 1. The van der Waals surface area contributed by atoms with E-state index in [9.17, 15) is 4.79 Å². The average molecular weight is 479 g/mol. The molecule has 0 bridgehead atoms. The van der Waals surface area contributed by atoms with Crippen LogP contribution in [0.2, 0.25) is 0 Å². The van der Waals surface area contributed by atoms with Gasteiger partial charge in [0.25, 0.3) is 0 Å². The van der Waals surface area contributed by atoms with Crippen molar-refractivity contribution in [2.75, 3.05) is 34.4 Å². The summed E-state index contributed by atoms with van der Waals surface area (Å²) in [5, 5.41) is 6.47. The zero-order valence-corrected chi connectivity index (χ0v) is 18.3. The van der Waals surface area contributed by atoms with Gasteiger partial charge in [0, 0.05) is 19.5 Å². The molecule has 0 heterocycles. The minimum atomic E-state index is -0.172. The van der Waals surface area contributed by atoms with E-state index in [0.29, 0.717) is 24.5 Å². The first-order valence-electron chi connectivity index (χ1n) is 8.44. The second-order valence-corrected chi connectivity index (χ2v) is 5.34. The summed E-state index contributed by atoms with van der Waals surface area (Å²) in [5.41, 5.74) is 1.03. The zero-order valence-electron chi connectivity index (χ0n) is 16.0. The average Bonchev–Trinajstić information content (AvgIpc) is 2.65. The number of ether oxygens (including phenoxy) is 3. The normalized spacial score (nSPS) is 10.5. The van der Waals surface area contributed by atoms with Crippen LogP contribution in [-0.4, -0.2) is 46.3 Å². The lowest BCUT2D eigenvalue weighted by Gasteiger charge is -2.12. The van der Waals surface area contributed by atoms with Crippen LogP contribution in [0.3, 0.4) is 0 Å². The summed E-state index contributed by atoms with van der Waals surface area (Å²) in [4.78, 5) is 15.6. The van der Waals surface area contributed by atoms with E-state index in [1.165, 1.54) is 7.11 Å². The third kappa shape index (κ3) is 9.12. The number of rotatable bonds is 10. The van der Waals surface area contributed by atoms with Gasteiger partial charge in [0.1, 0.15) is 0 Å². The number of halogens is 1. The van der Waals surface area contributed by atoms with Crippen LogP contribution in [0.5, 0.6) is 11.5 Å². The predicted octanol–water partition coefficient (Wildman–Crippen LogP) is 2.72. The minimum Gasteiger partial charge on any atom is -0.493 e. The smallest absolute Gasteiger partial charge is 0.305 e. The number of methoxy groups -OCH3 is 3. The number of hydrogen-bond donors (Lipinski definition) is 2. The Balaban J connectivity index is 0.00000625. The fourth-order valence-corrected chi connectivity index (χ4v) is 2.19. The van der Waals surface area contributed by atoms with Crippen LogP contribution in [-0.2, 0) is 16.1 Å². The van der Waals surface area contributed by atoms with Gasteiger partial charge in [-0.05, 0) is 37.5 Å². The van der Waals surface area contributed by atoms with Crippen LogP contribution in [0, 0.1) is 0 Å². The lowest BCUT2D eigenvalue weighted by molar-refractivity contribution is -0.140. The minimum absolute atomic E-state index is 0. The van der Waals surface area contributed by atoms with Crippen molar-refractivity contribution in [1.82, 2.24) is 10.6 Å². The Morgan fingerprint density at radius 3 is 2.42 bits per heavy atom. The van der Waals surface area contributed by atoms with E-state index in [-0.39, 0.29) is 29.9 Å². The molecule has 26 heavy (non-hydrogen) atoms. The Hall–Kier alpha value is -1.71. The van der Waals surface area contributed by atoms with Crippen LogP contribution < -0.4 is 20.1 Å². The highest BCUT2D eigenvalue weighted by Gasteiger charge is 2.05. The summed E-state index contributed by atoms with van der Waals surface area (Å²) >= 11 is 0. The summed E-state index contributed by atoms with van der Waals surface area (Å²) in [6.45, 7) is 4.07. The summed E-state index contributed by atoms with van der Waals surface area (Å²) in [7, 11) is 4.64. The number of guanidine groups is 1. The third-order valence-electron chi connectivity index (χ3n) is 3.54. The van der Waals surface area contributed by atoms with Crippen molar-refractivity contribution >= 4 is 35.9 Å². The van der Waals surface area contributed by atoms with E-state index in [4.69, 9.17) is 9.47 Å². The number of unbranched alkanes of at least 4 members (excludes halogenated alkanes) is 1. The molecule has 0 radical (unpaired) electrons. The van der Waals surface area contributed by atoms with Gasteiger partial charge in [0.05, 0.1) is 27.9 Å². The highest BCUT2D eigenvalue weighted by Crippen LogP contribution is 2.27. The molecule has 0 aliphatic rings. The van der Waals surface area contributed by atoms with Crippen molar-refractivity contribution in [3.8, 4) is 11.5 Å². The summed E-state index contributed by atoms with van der Waals surface area (Å²) in [6.07, 6.45) is 2.10. The van der Waals surface area contributed by atoms with Crippen molar-refractivity contribution in [2.24, 2.45) is 4.99 Å². The molecule has 0 saturated heterocycles. The SMILES string of the molecule is CCNC(=NCc1ccc(OC)c(OC)c1)NCCCCC(=O)OC.I. The Morgan fingerprint density at radius 2 is 1.81 bits per heavy atom. The molecule has 0 amide bonds. The Labute approximate surface area is 172 Å². The standard InChI is InChI=1S/C18H29N3O4.HI/c1-5-19-18(20-11-7-6-8-17(22)25-4)21-13-14-9-10-15(23-2)16(12-14)24-3;/h9-10,12H,5-8,11,13H2,1-4H3,(H2,19,20,21);1H. The Bertz CT molecular complexity index is 567. The molecule has 0 aliphatic heterocycles. The maximum atomic E-state index is 11.1. The molecule has 0 spiro atoms. The quantitative estimate of drug-likeness (QED) is 0.177. The first-order chi connectivity index (χ1) is 12.1. The molecule has 1 rings (SSSR count). The van der Waals surface area contributed by atoms with Crippen LogP contribution in [0.1, 0.15) is 31.7 Å². The highest BCUT2D eigenvalue weighted by atomic mass is 127. The van der Waals surface area contributed by atoms with Gasteiger partial charge >= 0.3 is 5.97 Å². The Kier molecular flexibility index (Phi) is 13.5. The maximum Gasteiger partial charge on any atom is 0.305 e. The molecule has 148 valence electrons. The van der Waals surface area contributed by atoms with Gasteiger partial charge < -0.3 is 24.8 Å². The largest absolute Gasteiger partial charge is 0.493 e. The molecule has 0 atom stereocenters. The number of carbonyl (C=O) groups excluding carboxylic acids is 1. The van der Waals surface area contributed by atoms with Crippen molar-refractivity contribution in [1.29, 1.82) is 0 Å². The summed E-state index contributed by atoms with van der Waals surface area (Å²) in [5.74, 6) is 1.96. The highest BCUT2D eigenvalue weighted by molar-refractivity contribution is 14.0. The Morgan fingerprint density at radius 1 is 1.08 bits per heavy atom. The molecule has 0 unspecified atom stereocenters. The zero-order chi connectivity index (χ0) is 18.5. The monoisotopic (exact) mass is 479 g/mol. The molecule has 0 aliphatic carbocycles. The molecule has 0 saturated carbocycles. The number of carbonyl (C=O) groups is 1. The van der Waals surface area contributed by atoms with E-state index in [0.717, 1.165) is 37.5 Å². The van der Waals surface area contributed by atoms with Gasteiger partial charge in [-0.1, -0.05) is 6.07 Å². The number of benzene rings is 1. The summed E-state index contributed by atoms with van der Waals surface area (Å²) in [6, 6.07) is 5.75. The van der Waals surface area contributed by atoms with E-state index in [1.54, 1.807) is 14.2 Å². The van der Waals surface area contributed by atoms with Gasteiger partial charge in [0.15, 0.2) is 17.5 Å².